The summed E-state index contributed by atoms with van der Waals surface area (Å²) >= 11 is 0. The zero-order valence-electron chi connectivity index (χ0n) is 10.4. The number of aromatic amines is 1. The third-order valence-electron chi connectivity index (χ3n) is 2.79. The summed E-state index contributed by atoms with van der Waals surface area (Å²) in [6.07, 6.45) is 3.45. The molecule has 1 aromatic carbocycles. The summed E-state index contributed by atoms with van der Waals surface area (Å²) in [6.45, 7) is 0. The Morgan fingerprint density at radius 1 is 0.947 bits per heavy atom. The smallest absolute Gasteiger partial charge is 0.181 e. The van der Waals surface area contributed by atoms with E-state index in [9.17, 15) is 0 Å². The number of pyridine rings is 1. The van der Waals surface area contributed by atoms with Crippen molar-refractivity contribution in [3.05, 3.63) is 48.8 Å². The Morgan fingerprint density at radius 3 is 2.37 bits per heavy atom. The molecule has 0 unspecified atom stereocenters. The molecule has 0 atom stereocenters. The Labute approximate surface area is 110 Å². The third kappa shape index (κ3) is 2.30. The van der Waals surface area contributed by atoms with Crippen LogP contribution in [0.25, 0.3) is 22.8 Å². The van der Waals surface area contributed by atoms with Gasteiger partial charge in [0, 0.05) is 23.5 Å². The second-order valence-electron chi connectivity index (χ2n) is 3.97. The second-order valence-corrected chi connectivity index (χ2v) is 3.97. The molecule has 0 saturated heterocycles. The fraction of sp³-hybridized carbons (Fsp3) is 0.0714. The van der Waals surface area contributed by atoms with Gasteiger partial charge in [-0.1, -0.05) is 0 Å². The Kier molecular flexibility index (Phi) is 2.94. The lowest BCUT2D eigenvalue weighted by atomic mass is 10.2. The first-order valence-corrected chi connectivity index (χ1v) is 5.84. The van der Waals surface area contributed by atoms with Gasteiger partial charge in [-0.05, 0) is 36.4 Å². The lowest BCUT2D eigenvalue weighted by Crippen LogP contribution is -1.84. The molecule has 0 saturated carbocycles. The van der Waals surface area contributed by atoms with Crippen LogP contribution >= 0.6 is 0 Å². The standard InChI is InChI=1S/C14H12N4O/c1-19-12-4-2-10(3-5-12)13-16-14(18-17-13)11-6-8-15-9-7-11/h2-9H,1H3,(H,16,17,18). The quantitative estimate of drug-likeness (QED) is 0.778. The zero-order valence-corrected chi connectivity index (χ0v) is 10.4. The van der Waals surface area contributed by atoms with Crippen molar-refractivity contribution in [2.75, 3.05) is 7.11 Å². The monoisotopic (exact) mass is 252 g/mol. The Morgan fingerprint density at radius 2 is 1.68 bits per heavy atom. The number of benzene rings is 1. The number of methoxy groups -OCH3 is 1. The highest BCUT2D eigenvalue weighted by atomic mass is 16.5. The van der Waals surface area contributed by atoms with Gasteiger partial charge in [0.15, 0.2) is 11.6 Å². The van der Waals surface area contributed by atoms with Crippen LogP contribution in [0, 0.1) is 0 Å². The third-order valence-corrected chi connectivity index (χ3v) is 2.79. The lowest BCUT2D eigenvalue weighted by molar-refractivity contribution is 0.415. The van der Waals surface area contributed by atoms with E-state index < -0.39 is 0 Å². The van der Waals surface area contributed by atoms with Crippen LogP contribution in [0.5, 0.6) is 5.75 Å². The van der Waals surface area contributed by atoms with Crippen LogP contribution in [0.4, 0.5) is 0 Å². The van der Waals surface area contributed by atoms with E-state index >= 15 is 0 Å². The van der Waals surface area contributed by atoms with Gasteiger partial charge in [-0.15, -0.1) is 0 Å². The summed E-state index contributed by atoms with van der Waals surface area (Å²) in [7, 11) is 1.64. The molecule has 0 fully saturated rings. The molecule has 3 aromatic rings. The predicted molar refractivity (Wildman–Crippen MR) is 71.6 cm³/mol. The van der Waals surface area contributed by atoms with Crippen LogP contribution < -0.4 is 4.74 Å². The molecule has 5 heteroatoms. The molecule has 94 valence electrons. The van der Waals surface area contributed by atoms with Gasteiger partial charge in [0.05, 0.1) is 7.11 Å². The molecule has 0 aliphatic heterocycles. The highest BCUT2D eigenvalue weighted by Crippen LogP contribution is 2.21. The van der Waals surface area contributed by atoms with E-state index in [2.05, 4.69) is 20.2 Å². The molecule has 1 N–H and O–H groups in total. The molecule has 3 rings (SSSR count). The number of hydrogen-bond acceptors (Lipinski definition) is 4. The van der Waals surface area contributed by atoms with E-state index in [-0.39, 0.29) is 0 Å². The normalized spacial score (nSPS) is 10.4. The van der Waals surface area contributed by atoms with Gasteiger partial charge in [0.2, 0.25) is 0 Å². The Bertz CT molecular complexity index is 661. The van der Waals surface area contributed by atoms with Gasteiger partial charge in [0.25, 0.3) is 0 Å². The summed E-state index contributed by atoms with van der Waals surface area (Å²) in [6, 6.07) is 11.4. The van der Waals surface area contributed by atoms with E-state index in [4.69, 9.17) is 4.74 Å². The molecule has 2 heterocycles. The summed E-state index contributed by atoms with van der Waals surface area (Å²) in [5.41, 5.74) is 1.90. The van der Waals surface area contributed by atoms with Crippen molar-refractivity contribution in [3.63, 3.8) is 0 Å². The fourth-order valence-electron chi connectivity index (χ4n) is 1.77. The fourth-order valence-corrected chi connectivity index (χ4v) is 1.77. The van der Waals surface area contributed by atoms with E-state index in [1.165, 1.54) is 0 Å². The number of hydrogen-bond donors (Lipinski definition) is 1. The van der Waals surface area contributed by atoms with E-state index in [1.807, 2.05) is 36.4 Å². The summed E-state index contributed by atoms with van der Waals surface area (Å²) < 4.78 is 5.12. The van der Waals surface area contributed by atoms with E-state index in [0.29, 0.717) is 5.82 Å². The number of ether oxygens (including phenoxy) is 1. The summed E-state index contributed by atoms with van der Waals surface area (Å²) in [5, 5.41) is 7.15. The van der Waals surface area contributed by atoms with Crippen molar-refractivity contribution in [1.29, 1.82) is 0 Å². The lowest BCUT2D eigenvalue weighted by Gasteiger charge is -1.99. The van der Waals surface area contributed by atoms with Crippen LogP contribution in [0.3, 0.4) is 0 Å². The Balaban J connectivity index is 1.92. The maximum absolute atomic E-state index is 5.12. The topological polar surface area (TPSA) is 63.7 Å². The highest BCUT2D eigenvalue weighted by molar-refractivity contribution is 5.61. The van der Waals surface area contributed by atoms with Crippen molar-refractivity contribution < 1.29 is 4.74 Å². The molecular weight excluding hydrogens is 240 g/mol. The first-order valence-electron chi connectivity index (χ1n) is 5.84. The van der Waals surface area contributed by atoms with Gasteiger partial charge in [0.1, 0.15) is 5.75 Å². The van der Waals surface area contributed by atoms with Crippen molar-refractivity contribution in [2.45, 2.75) is 0 Å². The zero-order chi connectivity index (χ0) is 13.1. The van der Waals surface area contributed by atoms with Crippen LogP contribution in [0.15, 0.2) is 48.8 Å². The number of aromatic nitrogens is 4. The molecule has 0 aliphatic rings. The van der Waals surface area contributed by atoms with E-state index in [0.717, 1.165) is 22.7 Å². The molecule has 0 aliphatic carbocycles. The minimum atomic E-state index is 0.662. The van der Waals surface area contributed by atoms with Gasteiger partial charge in [-0.3, -0.25) is 10.1 Å². The first kappa shape index (κ1) is 11.4. The van der Waals surface area contributed by atoms with Gasteiger partial charge >= 0.3 is 0 Å². The molecular formula is C14H12N4O. The molecule has 2 aromatic heterocycles. The average molecular weight is 252 g/mol. The maximum Gasteiger partial charge on any atom is 0.181 e. The van der Waals surface area contributed by atoms with Crippen molar-refractivity contribution in [2.24, 2.45) is 0 Å². The van der Waals surface area contributed by atoms with Crippen LogP contribution in [-0.2, 0) is 0 Å². The number of nitrogens with one attached hydrogen (secondary N) is 1. The SMILES string of the molecule is COc1ccc(-c2n[nH]c(-c3ccncc3)n2)cc1. The second kappa shape index (κ2) is 4.89. The summed E-state index contributed by atoms with van der Waals surface area (Å²) in [5.74, 6) is 2.20. The highest BCUT2D eigenvalue weighted by Gasteiger charge is 2.07. The van der Waals surface area contributed by atoms with Crippen LogP contribution in [0.1, 0.15) is 0 Å². The molecule has 19 heavy (non-hydrogen) atoms. The van der Waals surface area contributed by atoms with Crippen LogP contribution in [-0.4, -0.2) is 27.3 Å². The molecule has 0 amide bonds. The molecule has 0 radical (unpaired) electrons. The van der Waals surface area contributed by atoms with Gasteiger partial charge in [-0.2, -0.15) is 5.10 Å². The Hall–Kier alpha value is -2.69. The van der Waals surface area contributed by atoms with Gasteiger partial charge in [-0.25, -0.2) is 4.98 Å². The average Bonchev–Trinajstić information content (AvgIpc) is 2.98. The van der Waals surface area contributed by atoms with Crippen LogP contribution in [0.2, 0.25) is 0 Å². The molecule has 0 bridgehead atoms. The minimum Gasteiger partial charge on any atom is -0.497 e. The first-order chi connectivity index (χ1) is 9.36. The largest absolute Gasteiger partial charge is 0.497 e. The molecule has 5 nitrogen and oxygen atoms in total. The summed E-state index contributed by atoms with van der Waals surface area (Å²) in [4.78, 5) is 8.45. The van der Waals surface area contributed by atoms with Crippen molar-refractivity contribution >= 4 is 0 Å². The molecule has 0 spiro atoms. The van der Waals surface area contributed by atoms with Crippen molar-refractivity contribution in [1.82, 2.24) is 20.2 Å². The number of rotatable bonds is 3. The van der Waals surface area contributed by atoms with Crippen molar-refractivity contribution in [3.8, 4) is 28.5 Å². The number of H-pyrrole nitrogens is 1. The van der Waals surface area contributed by atoms with E-state index in [1.54, 1.807) is 19.5 Å². The minimum absolute atomic E-state index is 0.662. The van der Waals surface area contributed by atoms with Gasteiger partial charge < -0.3 is 4.74 Å². The predicted octanol–water partition coefficient (Wildman–Crippen LogP) is 2.54. The maximum atomic E-state index is 5.12. The number of nitrogens with zero attached hydrogens (tertiary/aromatic N) is 3.